The molecule has 0 saturated heterocycles. The molecule has 0 bridgehead atoms. The molecule has 5 aromatic rings. The van der Waals surface area contributed by atoms with Crippen LogP contribution in [-0.2, 0) is 6.18 Å². The molecule has 1 N–H and O–H groups in total. The minimum Gasteiger partial charge on any atom is -0.401 e. The van der Waals surface area contributed by atoms with Gasteiger partial charge in [0.25, 0.3) is 0 Å². The molecular formula is C18H7Cl2F3N6O2. The highest BCUT2D eigenvalue weighted by Crippen LogP contribution is 2.35. The summed E-state index contributed by atoms with van der Waals surface area (Å²) in [6.07, 6.45) is -1.99. The van der Waals surface area contributed by atoms with Crippen molar-refractivity contribution in [1.29, 1.82) is 0 Å². The Labute approximate surface area is 179 Å². The van der Waals surface area contributed by atoms with Crippen LogP contribution in [0.2, 0.25) is 10.0 Å². The largest absolute Gasteiger partial charge is 0.435 e. The van der Waals surface area contributed by atoms with Crippen LogP contribution in [0.15, 0.2) is 45.9 Å². The van der Waals surface area contributed by atoms with Gasteiger partial charge in [0.15, 0.2) is 11.5 Å². The van der Waals surface area contributed by atoms with Gasteiger partial charge in [0, 0.05) is 17.6 Å². The summed E-state index contributed by atoms with van der Waals surface area (Å²) in [5.74, 6) is -0.544. The van der Waals surface area contributed by atoms with Gasteiger partial charge in [-0.1, -0.05) is 23.2 Å². The number of halogens is 5. The number of benzene rings is 1. The smallest absolute Gasteiger partial charge is 0.401 e. The number of nitrogens with zero attached hydrogens (tertiary/aromatic N) is 5. The first kappa shape index (κ1) is 19.5. The highest BCUT2D eigenvalue weighted by Gasteiger charge is 2.36. The van der Waals surface area contributed by atoms with Gasteiger partial charge in [-0.3, -0.25) is 5.10 Å². The van der Waals surface area contributed by atoms with Gasteiger partial charge in [-0.2, -0.15) is 23.4 Å². The van der Waals surface area contributed by atoms with Gasteiger partial charge in [-0.15, -0.1) is 0 Å². The highest BCUT2D eigenvalue weighted by atomic mass is 35.5. The lowest BCUT2D eigenvalue weighted by molar-refractivity contribution is -0.141. The minimum atomic E-state index is -4.78. The molecule has 0 fully saturated rings. The third kappa shape index (κ3) is 3.13. The number of hydrogen-bond donors (Lipinski definition) is 1. The number of aromatic nitrogens is 6. The van der Waals surface area contributed by atoms with Crippen molar-refractivity contribution in [2.24, 2.45) is 0 Å². The molecule has 0 atom stereocenters. The Balaban J connectivity index is 1.83. The number of alkyl halides is 3. The summed E-state index contributed by atoms with van der Waals surface area (Å²) in [6.45, 7) is 0. The molecule has 8 nitrogen and oxygen atoms in total. The molecule has 31 heavy (non-hydrogen) atoms. The first-order chi connectivity index (χ1) is 14.7. The SMILES string of the molecule is O=c1oc(-c2cc(C(F)(F)F)nn2-c2ncccc2Cl)nc2c(Cl)cc3cn[nH]c3c12. The van der Waals surface area contributed by atoms with E-state index in [1.165, 1.54) is 30.6 Å². The van der Waals surface area contributed by atoms with Crippen LogP contribution >= 0.6 is 23.2 Å². The molecule has 4 heterocycles. The van der Waals surface area contributed by atoms with E-state index in [1.54, 1.807) is 0 Å². The number of hydrogen-bond acceptors (Lipinski definition) is 6. The molecule has 5 rings (SSSR count). The van der Waals surface area contributed by atoms with E-state index in [9.17, 15) is 18.0 Å². The lowest BCUT2D eigenvalue weighted by Gasteiger charge is -2.08. The van der Waals surface area contributed by atoms with Crippen molar-refractivity contribution >= 4 is 45.0 Å². The molecule has 156 valence electrons. The summed E-state index contributed by atoms with van der Waals surface area (Å²) in [7, 11) is 0. The van der Waals surface area contributed by atoms with Crippen molar-refractivity contribution in [3.63, 3.8) is 0 Å². The second-order valence-corrected chi connectivity index (χ2v) is 7.17. The zero-order valence-corrected chi connectivity index (χ0v) is 16.4. The zero-order valence-electron chi connectivity index (χ0n) is 14.9. The minimum absolute atomic E-state index is 0.0155. The maximum Gasteiger partial charge on any atom is 0.435 e. The summed E-state index contributed by atoms with van der Waals surface area (Å²) >= 11 is 12.4. The van der Waals surface area contributed by atoms with E-state index >= 15 is 0 Å². The second-order valence-electron chi connectivity index (χ2n) is 6.36. The maximum absolute atomic E-state index is 13.4. The highest BCUT2D eigenvalue weighted by molar-refractivity contribution is 6.36. The van der Waals surface area contributed by atoms with Crippen LogP contribution in [0.5, 0.6) is 0 Å². The number of nitrogens with one attached hydrogen (secondary N) is 1. The summed E-state index contributed by atoms with van der Waals surface area (Å²) in [5, 5.41) is 10.7. The Kier molecular flexibility index (Phi) is 4.27. The van der Waals surface area contributed by atoms with Gasteiger partial charge in [0.05, 0.1) is 21.8 Å². The van der Waals surface area contributed by atoms with Crippen LogP contribution in [-0.4, -0.2) is 29.9 Å². The number of pyridine rings is 1. The molecule has 0 aliphatic carbocycles. The van der Waals surface area contributed by atoms with Gasteiger partial charge in [0.1, 0.15) is 16.6 Å². The Hall–Kier alpha value is -3.44. The lowest BCUT2D eigenvalue weighted by atomic mass is 10.2. The number of fused-ring (bicyclic) bond motifs is 3. The van der Waals surface area contributed by atoms with Crippen molar-refractivity contribution in [3.8, 4) is 17.4 Å². The van der Waals surface area contributed by atoms with Crippen LogP contribution in [0.3, 0.4) is 0 Å². The molecule has 0 amide bonds. The Morgan fingerprint density at radius 1 is 1.16 bits per heavy atom. The van der Waals surface area contributed by atoms with Crippen molar-refractivity contribution in [2.75, 3.05) is 0 Å². The summed E-state index contributed by atoms with van der Waals surface area (Å²) in [6, 6.07) is 5.14. The third-order valence-corrected chi connectivity index (χ3v) is 5.01. The summed E-state index contributed by atoms with van der Waals surface area (Å²) in [4.78, 5) is 20.9. The van der Waals surface area contributed by atoms with Gasteiger partial charge >= 0.3 is 11.8 Å². The normalized spacial score (nSPS) is 12.2. The zero-order chi connectivity index (χ0) is 21.9. The van der Waals surface area contributed by atoms with E-state index in [4.69, 9.17) is 27.6 Å². The quantitative estimate of drug-likeness (QED) is 0.406. The second kappa shape index (κ2) is 6.79. The predicted octanol–water partition coefficient (Wildman–Crippen LogP) is 4.64. The molecule has 0 unspecified atom stereocenters. The average molecular weight is 467 g/mol. The van der Waals surface area contributed by atoms with Crippen LogP contribution in [0.25, 0.3) is 39.2 Å². The number of aromatic amines is 1. The molecule has 1 aromatic carbocycles. The van der Waals surface area contributed by atoms with Crippen LogP contribution in [0.1, 0.15) is 5.69 Å². The van der Waals surface area contributed by atoms with E-state index in [1.807, 2.05) is 0 Å². The molecule has 0 aliphatic heterocycles. The average Bonchev–Trinajstić information content (AvgIpc) is 3.35. The maximum atomic E-state index is 13.4. The lowest BCUT2D eigenvalue weighted by Crippen LogP contribution is -2.09. The van der Waals surface area contributed by atoms with E-state index in [-0.39, 0.29) is 32.5 Å². The fourth-order valence-electron chi connectivity index (χ4n) is 3.10. The Bertz CT molecular complexity index is 1540. The molecule has 4 aromatic heterocycles. The summed E-state index contributed by atoms with van der Waals surface area (Å²) < 4.78 is 46.2. The first-order valence-corrected chi connectivity index (χ1v) is 9.24. The topological polar surface area (TPSA) is 102 Å². The molecule has 0 radical (unpaired) electrons. The third-order valence-electron chi connectivity index (χ3n) is 4.43. The molecule has 13 heteroatoms. The van der Waals surface area contributed by atoms with Gasteiger partial charge in [-0.25, -0.2) is 19.4 Å². The van der Waals surface area contributed by atoms with E-state index in [2.05, 4.69) is 25.3 Å². The van der Waals surface area contributed by atoms with E-state index < -0.39 is 23.4 Å². The van der Waals surface area contributed by atoms with Crippen LogP contribution in [0.4, 0.5) is 13.2 Å². The van der Waals surface area contributed by atoms with Crippen LogP contribution in [0, 0.1) is 0 Å². The molecule has 0 aliphatic rings. The number of H-pyrrole nitrogens is 1. The van der Waals surface area contributed by atoms with Crippen molar-refractivity contribution in [1.82, 2.24) is 29.9 Å². The van der Waals surface area contributed by atoms with E-state index in [0.29, 0.717) is 17.0 Å². The Morgan fingerprint density at radius 3 is 2.71 bits per heavy atom. The van der Waals surface area contributed by atoms with Gasteiger partial charge in [-0.05, 0) is 18.2 Å². The number of rotatable bonds is 2. The first-order valence-electron chi connectivity index (χ1n) is 8.49. The van der Waals surface area contributed by atoms with Crippen LogP contribution < -0.4 is 5.63 Å². The van der Waals surface area contributed by atoms with Crippen molar-refractivity contribution < 1.29 is 17.6 Å². The fraction of sp³-hybridized carbons (Fsp3) is 0.0556. The van der Waals surface area contributed by atoms with Gasteiger partial charge in [0.2, 0.25) is 5.89 Å². The predicted molar refractivity (Wildman–Crippen MR) is 105 cm³/mol. The standard InChI is InChI=1S/C18H7Cl2F3N6O2/c19-8-2-1-3-24-15(8)29-10(5-11(28-29)18(21,22)23)16-26-14-9(20)4-7-6-25-27-13(7)12(14)17(30)31-16/h1-6H,(H,25,27). The monoisotopic (exact) mass is 466 g/mol. The Morgan fingerprint density at radius 2 is 1.97 bits per heavy atom. The molecular weight excluding hydrogens is 460 g/mol. The fourth-order valence-corrected chi connectivity index (χ4v) is 3.55. The van der Waals surface area contributed by atoms with Crippen molar-refractivity contribution in [3.05, 3.63) is 62.8 Å². The summed E-state index contributed by atoms with van der Waals surface area (Å²) in [5.41, 5.74) is -2.04. The van der Waals surface area contributed by atoms with Crippen molar-refractivity contribution in [2.45, 2.75) is 6.18 Å². The van der Waals surface area contributed by atoms with Gasteiger partial charge < -0.3 is 4.42 Å². The van der Waals surface area contributed by atoms with E-state index in [0.717, 1.165) is 4.68 Å². The molecule has 0 saturated carbocycles. The molecule has 0 spiro atoms.